The van der Waals surface area contributed by atoms with Crippen molar-refractivity contribution in [2.75, 3.05) is 25.9 Å². The lowest BCUT2D eigenvalue weighted by atomic mass is 10.1. The number of hydrogen-bond acceptors (Lipinski definition) is 4. The number of nitrogens with one attached hydrogen (secondary N) is 1. The first-order chi connectivity index (χ1) is 11.5. The van der Waals surface area contributed by atoms with Crippen LogP contribution < -0.4 is 5.73 Å². The number of aromatic amines is 1. The fourth-order valence-corrected chi connectivity index (χ4v) is 4.57. The fraction of sp³-hybridized carbons (Fsp3) is 0.412. The van der Waals surface area contributed by atoms with E-state index in [0.717, 1.165) is 32.5 Å². The number of nitrogen functional groups attached to an aromatic ring is 1. The number of nitrogens with two attached hydrogens (primary N) is 1. The van der Waals surface area contributed by atoms with Crippen LogP contribution >= 0.6 is 0 Å². The molecule has 3 N–H and O–H groups in total. The van der Waals surface area contributed by atoms with Crippen LogP contribution in [0.2, 0.25) is 0 Å². The van der Waals surface area contributed by atoms with Crippen molar-refractivity contribution in [3.05, 3.63) is 48.3 Å². The Morgan fingerprint density at radius 2 is 1.88 bits per heavy atom. The molecule has 0 aliphatic carbocycles. The second kappa shape index (κ2) is 6.96. The summed E-state index contributed by atoms with van der Waals surface area (Å²) in [5, 5.41) is 0. The Morgan fingerprint density at radius 3 is 2.46 bits per heavy atom. The summed E-state index contributed by atoms with van der Waals surface area (Å²) in [5.41, 5.74) is 7.47. The molecule has 0 saturated carbocycles. The second-order valence-electron chi connectivity index (χ2n) is 6.32. The third-order valence-electron chi connectivity index (χ3n) is 4.70. The van der Waals surface area contributed by atoms with E-state index in [0.29, 0.717) is 10.6 Å². The highest BCUT2D eigenvalue weighted by Crippen LogP contribution is 2.24. The van der Waals surface area contributed by atoms with E-state index in [1.165, 1.54) is 9.87 Å². The average molecular weight is 348 g/mol. The number of rotatable bonds is 5. The molecular formula is C17H24N4O2S. The maximum Gasteiger partial charge on any atom is 0.243 e. The quantitative estimate of drug-likeness (QED) is 0.808. The SMILES string of the molecule is CN(C1CCN(Cc2cc[nH]c2)CC1)S(=O)(=O)c1ccc(N)cc1. The molecule has 7 heteroatoms. The van der Waals surface area contributed by atoms with Crippen molar-refractivity contribution in [2.45, 2.75) is 30.3 Å². The van der Waals surface area contributed by atoms with Gasteiger partial charge in [-0.05, 0) is 48.7 Å². The number of piperidine rings is 1. The van der Waals surface area contributed by atoms with Gasteiger partial charge in [0.15, 0.2) is 0 Å². The summed E-state index contributed by atoms with van der Waals surface area (Å²) >= 11 is 0. The van der Waals surface area contributed by atoms with Crippen LogP contribution in [-0.4, -0.2) is 48.8 Å². The van der Waals surface area contributed by atoms with Gasteiger partial charge in [-0.2, -0.15) is 4.31 Å². The van der Waals surface area contributed by atoms with Gasteiger partial charge in [0, 0.05) is 50.8 Å². The summed E-state index contributed by atoms with van der Waals surface area (Å²) in [6.07, 6.45) is 5.61. The number of benzene rings is 1. The van der Waals surface area contributed by atoms with Gasteiger partial charge in [-0.3, -0.25) is 4.90 Å². The minimum Gasteiger partial charge on any atom is -0.399 e. The molecule has 6 nitrogen and oxygen atoms in total. The molecule has 1 aliphatic heterocycles. The molecule has 0 amide bonds. The van der Waals surface area contributed by atoms with E-state index < -0.39 is 10.0 Å². The molecule has 1 aliphatic rings. The van der Waals surface area contributed by atoms with Crippen molar-refractivity contribution in [3.63, 3.8) is 0 Å². The largest absolute Gasteiger partial charge is 0.399 e. The number of aromatic nitrogens is 1. The molecule has 24 heavy (non-hydrogen) atoms. The molecule has 1 aromatic carbocycles. The molecule has 1 fully saturated rings. The highest BCUT2D eigenvalue weighted by molar-refractivity contribution is 7.89. The summed E-state index contributed by atoms with van der Waals surface area (Å²) in [4.78, 5) is 5.73. The van der Waals surface area contributed by atoms with Gasteiger partial charge in [-0.1, -0.05) is 0 Å². The van der Waals surface area contributed by atoms with Crippen LogP contribution in [0, 0.1) is 0 Å². The monoisotopic (exact) mass is 348 g/mol. The molecule has 130 valence electrons. The standard InChI is InChI=1S/C17H24N4O2S/c1-20(24(22,23)17-4-2-15(18)3-5-17)16-7-10-21(11-8-16)13-14-6-9-19-12-14/h2-6,9,12,16,19H,7-8,10-11,13,18H2,1H3. The van der Waals surface area contributed by atoms with Gasteiger partial charge in [0.05, 0.1) is 4.90 Å². The maximum atomic E-state index is 12.7. The normalized spacial score (nSPS) is 17.4. The Kier molecular flexibility index (Phi) is 4.93. The van der Waals surface area contributed by atoms with Crippen molar-refractivity contribution in [3.8, 4) is 0 Å². The van der Waals surface area contributed by atoms with Gasteiger partial charge in [0.25, 0.3) is 0 Å². The number of sulfonamides is 1. The van der Waals surface area contributed by atoms with E-state index in [1.54, 1.807) is 31.3 Å². The summed E-state index contributed by atoms with van der Waals surface area (Å²) in [5.74, 6) is 0. The summed E-state index contributed by atoms with van der Waals surface area (Å²) in [6.45, 7) is 2.71. The van der Waals surface area contributed by atoms with E-state index in [1.807, 2.05) is 12.4 Å². The first kappa shape index (κ1) is 17.0. The summed E-state index contributed by atoms with van der Waals surface area (Å²) in [7, 11) is -1.79. The molecule has 2 heterocycles. The molecule has 2 aromatic rings. The molecule has 0 spiro atoms. The van der Waals surface area contributed by atoms with Gasteiger partial charge in [-0.15, -0.1) is 0 Å². The highest BCUT2D eigenvalue weighted by Gasteiger charge is 2.30. The van der Waals surface area contributed by atoms with Gasteiger partial charge >= 0.3 is 0 Å². The topological polar surface area (TPSA) is 82.4 Å². The number of nitrogens with zero attached hydrogens (tertiary/aromatic N) is 2. The first-order valence-electron chi connectivity index (χ1n) is 8.14. The van der Waals surface area contributed by atoms with Crippen LogP contribution in [0.5, 0.6) is 0 Å². The molecule has 0 unspecified atom stereocenters. The molecule has 0 bridgehead atoms. The van der Waals surface area contributed by atoms with Crippen molar-refractivity contribution in [1.82, 2.24) is 14.2 Å². The Bertz CT molecular complexity index is 748. The maximum absolute atomic E-state index is 12.7. The lowest BCUT2D eigenvalue weighted by molar-refractivity contribution is 0.164. The first-order valence-corrected chi connectivity index (χ1v) is 9.58. The number of anilines is 1. The van der Waals surface area contributed by atoms with Crippen LogP contribution in [0.15, 0.2) is 47.6 Å². The molecule has 0 atom stereocenters. The lowest BCUT2D eigenvalue weighted by Gasteiger charge is -2.36. The van der Waals surface area contributed by atoms with E-state index in [9.17, 15) is 8.42 Å². The van der Waals surface area contributed by atoms with E-state index in [2.05, 4.69) is 16.0 Å². The van der Waals surface area contributed by atoms with E-state index >= 15 is 0 Å². The van der Waals surface area contributed by atoms with Crippen molar-refractivity contribution >= 4 is 15.7 Å². The molecule has 0 radical (unpaired) electrons. The smallest absolute Gasteiger partial charge is 0.243 e. The van der Waals surface area contributed by atoms with Gasteiger partial charge in [0.1, 0.15) is 0 Å². The lowest BCUT2D eigenvalue weighted by Crippen LogP contribution is -2.45. The number of H-pyrrole nitrogens is 1. The molecule has 3 rings (SSSR count). The van der Waals surface area contributed by atoms with Crippen LogP contribution in [0.4, 0.5) is 5.69 Å². The van der Waals surface area contributed by atoms with Crippen molar-refractivity contribution in [1.29, 1.82) is 0 Å². The Morgan fingerprint density at radius 1 is 1.21 bits per heavy atom. The zero-order chi connectivity index (χ0) is 17.2. The Hall–Kier alpha value is -1.83. The van der Waals surface area contributed by atoms with Crippen LogP contribution in [-0.2, 0) is 16.6 Å². The highest BCUT2D eigenvalue weighted by atomic mass is 32.2. The minimum absolute atomic E-state index is 0.0371. The van der Waals surface area contributed by atoms with E-state index in [4.69, 9.17) is 5.73 Å². The van der Waals surface area contributed by atoms with Crippen molar-refractivity contribution in [2.24, 2.45) is 0 Å². The predicted octanol–water partition coefficient (Wildman–Crippen LogP) is 1.88. The van der Waals surface area contributed by atoms with Gasteiger partial charge < -0.3 is 10.7 Å². The van der Waals surface area contributed by atoms with Gasteiger partial charge in [-0.25, -0.2) is 8.42 Å². The Balaban J connectivity index is 1.62. The number of hydrogen-bond donors (Lipinski definition) is 2. The second-order valence-corrected chi connectivity index (χ2v) is 8.31. The number of likely N-dealkylation sites (tertiary alicyclic amines) is 1. The predicted molar refractivity (Wildman–Crippen MR) is 94.9 cm³/mol. The zero-order valence-electron chi connectivity index (χ0n) is 13.9. The fourth-order valence-electron chi connectivity index (χ4n) is 3.16. The van der Waals surface area contributed by atoms with Crippen LogP contribution in [0.3, 0.4) is 0 Å². The van der Waals surface area contributed by atoms with E-state index in [-0.39, 0.29) is 6.04 Å². The minimum atomic E-state index is -3.47. The van der Waals surface area contributed by atoms with Crippen LogP contribution in [0.1, 0.15) is 18.4 Å². The summed E-state index contributed by atoms with van der Waals surface area (Å²) in [6, 6.07) is 8.50. The Labute approximate surface area is 143 Å². The van der Waals surface area contributed by atoms with Crippen LogP contribution in [0.25, 0.3) is 0 Å². The summed E-state index contributed by atoms with van der Waals surface area (Å²) < 4.78 is 27.0. The third-order valence-corrected chi connectivity index (χ3v) is 6.62. The molecule has 1 saturated heterocycles. The molecule has 1 aromatic heterocycles. The third kappa shape index (κ3) is 3.63. The zero-order valence-corrected chi connectivity index (χ0v) is 14.7. The molecular weight excluding hydrogens is 324 g/mol. The van der Waals surface area contributed by atoms with Gasteiger partial charge in [0.2, 0.25) is 10.0 Å². The average Bonchev–Trinajstić information content (AvgIpc) is 3.08. The van der Waals surface area contributed by atoms with Crippen molar-refractivity contribution < 1.29 is 8.42 Å².